The second-order valence-corrected chi connectivity index (χ2v) is 4.51. The van der Waals surface area contributed by atoms with Crippen molar-refractivity contribution in [1.82, 2.24) is 15.6 Å². The molecule has 5 heteroatoms. The van der Waals surface area contributed by atoms with Crippen molar-refractivity contribution in [1.29, 1.82) is 0 Å². The Morgan fingerprint density at radius 2 is 2.22 bits per heavy atom. The number of carbonyl (C=O) groups is 1. The summed E-state index contributed by atoms with van der Waals surface area (Å²) < 4.78 is 0. The van der Waals surface area contributed by atoms with Crippen molar-refractivity contribution in [3.8, 4) is 0 Å². The van der Waals surface area contributed by atoms with Gasteiger partial charge in [-0.05, 0) is 44.5 Å². The van der Waals surface area contributed by atoms with Crippen LogP contribution in [-0.4, -0.2) is 24.0 Å². The van der Waals surface area contributed by atoms with Crippen LogP contribution >= 0.6 is 12.4 Å². The van der Waals surface area contributed by atoms with Gasteiger partial charge in [-0.1, -0.05) is 6.07 Å². The van der Waals surface area contributed by atoms with Gasteiger partial charge in [0.1, 0.15) is 0 Å². The van der Waals surface area contributed by atoms with Crippen molar-refractivity contribution in [2.24, 2.45) is 5.92 Å². The van der Waals surface area contributed by atoms with E-state index < -0.39 is 0 Å². The molecule has 1 aliphatic heterocycles. The summed E-state index contributed by atoms with van der Waals surface area (Å²) in [4.78, 5) is 16.2. The number of hydrogen-bond acceptors (Lipinski definition) is 3. The Balaban J connectivity index is 0.00000162. The van der Waals surface area contributed by atoms with Crippen LogP contribution in [0.2, 0.25) is 0 Å². The summed E-state index contributed by atoms with van der Waals surface area (Å²) in [7, 11) is 0. The minimum atomic E-state index is 0. The van der Waals surface area contributed by atoms with Gasteiger partial charge >= 0.3 is 0 Å². The highest BCUT2D eigenvalue weighted by Gasteiger charge is 2.20. The number of carbonyl (C=O) groups excluding carboxylic acids is 1. The quantitative estimate of drug-likeness (QED) is 0.873. The molecule has 0 saturated carbocycles. The largest absolute Gasteiger partial charge is 0.350 e. The zero-order valence-electron chi connectivity index (χ0n) is 10.6. The number of aromatic nitrogens is 1. The number of aryl methyl sites for hydroxylation is 1. The molecule has 0 atom stereocenters. The SMILES string of the molecule is Cc1cccnc1CNC(=O)C1CCNCC1.Cl. The molecule has 1 aromatic heterocycles. The third kappa shape index (κ3) is 3.96. The first-order valence-corrected chi connectivity index (χ1v) is 6.16. The minimum Gasteiger partial charge on any atom is -0.350 e. The second kappa shape index (κ2) is 7.34. The molecule has 0 aromatic carbocycles. The van der Waals surface area contributed by atoms with E-state index >= 15 is 0 Å². The molecule has 0 aliphatic carbocycles. The summed E-state index contributed by atoms with van der Waals surface area (Å²) in [6, 6.07) is 3.92. The van der Waals surface area contributed by atoms with Crippen LogP contribution in [0, 0.1) is 12.8 Å². The lowest BCUT2D eigenvalue weighted by Crippen LogP contribution is -2.38. The van der Waals surface area contributed by atoms with E-state index in [0.29, 0.717) is 6.54 Å². The summed E-state index contributed by atoms with van der Waals surface area (Å²) >= 11 is 0. The Kier molecular flexibility index (Phi) is 6.09. The van der Waals surface area contributed by atoms with Gasteiger partial charge in [0.25, 0.3) is 0 Å². The Bertz CT molecular complexity index is 392. The highest BCUT2D eigenvalue weighted by Crippen LogP contribution is 2.12. The molecule has 0 radical (unpaired) electrons. The summed E-state index contributed by atoms with van der Waals surface area (Å²) in [6.07, 6.45) is 3.64. The number of halogens is 1. The Hall–Kier alpha value is -1.13. The van der Waals surface area contributed by atoms with Gasteiger partial charge in [-0.15, -0.1) is 12.4 Å². The molecule has 1 saturated heterocycles. The molecule has 2 heterocycles. The van der Waals surface area contributed by atoms with Crippen molar-refractivity contribution >= 4 is 18.3 Å². The molecule has 0 bridgehead atoms. The van der Waals surface area contributed by atoms with Crippen LogP contribution in [0.1, 0.15) is 24.1 Å². The van der Waals surface area contributed by atoms with E-state index in [1.807, 2.05) is 19.1 Å². The smallest absolute Gasteiger partial charge is 0.223 e. The van der Waals surface area contributed by atoms with E-state index in [9.17, 15) is 4.79 Å². The van der Waals surface area contributed by atoms with Gasteiger partial charge in [0.2, 0.25) is 5.91 Å². The highest BCUT2D eigenvalue weighted by molar-refractivity contribution is 5.85. The van der Waals surface area contributed by atoms with Crippen molar-refractivity contribution in [2.75, 3.05) is 13.1 Å². The third-order valence-electron chi connectivity index (χ3n) is 3.26. The van der Waals surface area contributed by atoms with Gasteiger partial charge in [-0.3, -0.25) is 9.78 Å². The number of nitrogens with zero attached hydrogens (tertiary/aromatic N) is 1. The fourth-order valence-corrected chi connectivity index (χ4v) is 2.10. The molecule has 1 aromatic rings. The molecule has 0 spiro atoms. The lowest BCUT2D eigenvalue weighted by molar-refractivity contribution is -0.125. The molecule has 1 fully saturated rings. The minimum absolute atomic E-state index is 0. The maximum Gasteiger partial charge on any atom is 0.223 e. The van der Waals surface area contributed by atoms with Gasteiger partial charge in [0.15, 0.2) is 0 Å². The van der Waals surface area contributed by atoms with Gasteiger partial charge in [-0.2, -0.15) is 0 Å². The predicted octanol–water partition coefficient (Wildman–Crippen LogP) is 1.43. The Morgan fingerprint density at radius 3 is 2.89 bits per heavy atom. The molecular formula is C13H20ClN3O. The van der Waals surface area contributed by atoms with E-state index in [4.69, 9.17) is 0 Å². The maximum absolute atomic E-state index is 11.9. The van der Waals surface area contributed by atoms with Crippen LogP contribution < -0.4 is 10.6 Å². The van der Waals surface area contributed by atoms with E-state index in [1.54, 1.807) is 6.20 Å². The Morgan fingerprint density at radius 1 is 1.50 bits per heavy atom. The van der Waals surface area contributed by atoms with Crippen LogP contribution in [0.15, 0.2) is 18.3 Å². The zero-order valence-corrected chi connectivity index (χ0v) is 11.4. The van der Waals surface area contributed by atoms with Crippen molar-refractivity contribution < 1.29 is 4.79 Å². The summed E-state index contributed by atoms with van der Waals surface area (Å²) in [5.41, 5.74) is 2.08. The van der Waals surface area contributed by atoms with Crippen molar-refractivity contribution in [3.63, 3.8) is 0 Å². The number of pyridine rings is 1. The van der Waals surface area contributed by atoms with Crippen LogP contribution in [0.25, 0.3) is 0 Å². The average molecular weight is 270 g/mol. The van der Waals surface area contributed by atoms with E-state index in [-0.39, 0.29) is 24.2 Å². The second-order valence-electron chi connectivity index (χ2n) is 4.51. The highest BCUT2D eigenvalue weighted by atomic mass is 35.5. The lowest BCUT2D eigenvalue weighted by Gasteiger charge is -2.21. The third-order valence-corrected chi connectivity index (χ3v) is 3.26. The van der Waals surface area contributed by atoms with Crippen LogP contribution in [0.4, 0.5) is 0 Å². The monoisotopic (exact) mass is 269 g/mol. The predicted molar refractivity (Wildman–Crippen MR) is 73.7 cm³/mol. The van der Waals surface area contributed by atoms with E-state index in [0.717, 1.165) is 37.2 Å². The van der Waals surface area contributed by atoms with Crippen LogP contribution in [0.5, 0.6) is 0 Å². The Labute approximate surface area is 114 Å². The van der Waals surface area contributed by atoms with Gasteiger partial charge in [-0.25, -0.2) is 0 Å². The molecule has 100 valence electrons. The zero-order chi connectivity index (χ0) is 12.1. The molecule has 4 nitrogen and oxygen atoms in total. The molecule has 2 rings (SSSR count). The van der Waals surface area contributed by atoms with Crippen LogP contribution in [0.3, 0.4) is 0 Å². The topological polar surface area (TPSA) is 54.0 Å². The molecule has 1 aliphatic rings. The molecule has 1 amide bonds. The van der Waals surface area contributed by atoms with Crippen molar-refractivity contribution in [3.05, 3.63) is 29.6 Å². The van der Waals surface area contributed by atoms with Crippen molar-refractivity contribution in [2.45, 2.75) is 26.3 Å². The first kappa shape index (κ1) is 14.9. The number of piperidine rings is 1. The average Bonchev–Trinajstić information content (AvgIpc) is 2.38. The number of nitrogens with one attached hydrogen (secondary N) is 2. The fourth-order valence-electron chi connectivity index (χ4n) is 2.10. The van der Waals surface area contributed by atoms with E-state index in [1.165, 1.54) is 0 Å². The number of rotatable bonds is 3. The summed E-state index contributed by atoms with van der Waals surface area (Å²) in [5, 5.41) is 6.24. The summed E-state index contributed by atoms with van der Waals surface area (Å²) in [6.45, 7) is 4.44. The molecule has 0 unspecified atom stereocenters. The molecule has 2 N–H and O–H groups in total. The maximum atomic E-state index is 11.9. The number of amides is 1. The van der Waals surface area contributed by atoms with Gasteiger partial charge < -0.3 is 10.6 Å². The summed E-state index contributed by atoms with van der Waals surface area (Å²) in [5.74, 6) is 0.330. The fraction of sp³-hybridized carbons (Fsp3) is 0.538. The molecule has 18 heavy (non-hydrogen) atoms. The number of hydrogen-bond donors (Lipinski definition) is 2. The van der Waals surface area contributed by atoms with Crippen LogP contribution in [-0.2, 0) is 11.3 Å². The first-order valence-electron chi connectivity index (χ1n) is 6.16. The first-order chi connectivity index (χ1) is 8.27. The standard InChI is InChI=1S/C13H19N3O.ClH/c1-10-3-2-6-15-12(10)9-16-13(17)11-4-7-14-8-5-11;/h2-3,6,11,14H,4-5,7-9H2,1H3,(H,16,17);1H. The van der Waals surface area contributed by atoms with Gasteiger partial charge in [0, 0.05) is 12.1 Å². The van der Waals surface area contributed by atoms with E-state index in [2.05, 4.69) is 15.6 Å². The molecular weight excluding hydrogens is 250 g/mol. The normalized spacial score (nSPS) is 15.8. The lowest BCUT2D eigenvalue weighted by atomic mass is 9.97. The van der Waals surface area contributed by atoms with Gasteiger partial charge in [0.05, 0.1) is 12.2 Å².